The van der Waals surface area contributed by atoms with Gasteiger partial charge in [-0.2, -0.15) is 9.97 Å². The van der Waals surface area contributed by atoms with Crippen LogP contribution in [0.25, 0.3) is 32.9 Å². The zero-order chi connectivity index (χ0) is 34.3. The minimum Gasteiger partial charge on any atom is -0.468 e. The van der Waals surface area contributed by atoms with Gasteiger partial charge in [-0.25, -0.2) is 8.78 Å². The highest BCUT2D eigenvalue weighted by Gasteiger charge is 2.49. The van der Waals surface area contributed by atoms with Crippen molar-refractivity contribution in [1.82, 2.24) is 19.9 Å². The lowest BCUT2D eigenvalue weighted by molar-refractivity contribution is 0.0445. The number of rotatable bonds is 11. The number of aryl methyl sites for hydroxylation is 1. The number of aromatic nitrogens is 3. The molecule has 1 N–H and O–H groups in total. The summed E-state index contributed by atoms with van der Waals surface area (Å²) in [6.45, 7) is 6.63. The van der Waals surface area contributed by atoms with Crippen LogP contribution in [0, 0.1) is 11.6 Å². The second kappa shape index (κ2) is 13.5. The van der Waals surface area contributed by atoms with Gasteiger partial charge in [0, 0.05) is 45.1 Å². The predicted molar refractivity (Wildman–Crippen MR) is 183 cm³/mol. The first-order chi connectivity index (χ1) is 23.7. The Labute approximate surface area is 285 Å². The lowest BCUT2D eigenvalue weighted by atomic mass is 9.94. The average Bonchev–Trinajstić information content (AvgIpc) is 3.66. The number of hydrogen-bond acceptors (Lipinski definition) is 10. The zero-order valence-corrected chi connectivity index (χ0v) is 28.7. The molecule has 0 bridgehead atoms. The van der Waals surface area contributed by atoms with Gasteiger partial charge in [-0.1, -0.05) is 13.0 Å². The van der Waals surface area contributed by atoms with Gasteiger partial charge in [0.05, 0.1) is 23.1 Å². The minimum absolute atomic E-state index is 0.0115. The van der Waals surface area contributed by atoms with Gasteiger partial charge in [0.1, 0.15) is 35.2 Å². The Morgan fingerprint density at radius 1 is 1.02 bits per heavy atom. The number of fused-ring (bicyclic) bond motifs is 3. The summed E-state index contributed by atoms with van der Waals surface area (Å²) >= 11 is 0. The molecule has 0 saturated carbocycles. The van der Waals surface area contributed by atoms with Crippen molar-refractivity contribution in [3.05, 3.63) is 47.7 Å². The van der Waals surface area contributed by atoms with Crippen LogP contribution in [0.3, 0.4) is 0 Å². The molecule has 1 unspecified atom stereocenters. The van der Waals surface area contributed by atoms with E-state index in [1.165, 1.54) is 13.2 Å². The van der Waals surface area contributed by atoms with Crippen molar-refractivity contribution in [3.63, 3.8) is 0 Å². The van der Waals surface area contributed by atoms with Crippen molar-refractivity contribution in [2.45, 2.75) is 76.0 Å². The van der Waals surface area contributed by atoms with Crippen LogP contribution < -0.4 is 14.4 Å². The fourth-order valence-electron chi connectivity index (χ4n) is 8.33. The Kier molecular flexibility index (Phi) is 9.33. The zero-order valence-electron chi connectivity index (χ0n) is 28.7. The smallest absolute Gasteiger partial charge is 0.319 e. The first-order valence-electron chi connectivity index (χ1n) is 17.3. The number of β-amino-alcohol motifs (C(OH)–C–C–N with tert-alkyl or cyclic N) is 1. The van der Waals surface area contributed by atoms with Crippen LogP contribution in [0.4, 0.5) is 14.6 Å². The maximum atomic E-state index is 17.1. The van der Waals surface area contributed by atoms with E-state index in [2.05, 4.69) is 14.9 Å². The fraction of sp³-hybridized carbons (Fsp3) is 0.541. The van der Waals surface area contributed by atoms with Gasteiger partial charge in [-0.05, 0) is 92.9 Å². The van der Waals surface area contributed by atoms with Crippen molar-refractivity contribution in [2.75, 3.05) is 58.8 Å². The molecule has 3 aliphatic heterocycles. The van der Waals surface area contributed by atoms with Crippen LogP contribution >= 0.6 is 0 Å². The Morgan fingerprint density at radius 3 is 2.63 bits per heavy atom. The predicted octanol–water partition coefficient (Wildman–Crippen LogP) is 6.04. The lowest BCUT2D eigenvalue weighted by Crippen LogP contribution is -2.48. The second-order valence-corrected chi connectivity index (χ2v) is 14.0. The number of ether oxygens (including phenoxy) is 4. The summed E-state index contributed by atoms with van der Waals surface area (Å²) in [5, 5.41) is 12.7. The number of pyridine rings is 1. The highest BCUT2D eigenvalue weighted by atomic mass is 19.1. The Morgan fingerprint density at radius 2 is 1.86 bits per heavy atom. The van der Waals surface area contributed by atoms with Gasteiger partial charge < -0.3 is 29.0 Å². The molecule has 0 aliphatic carbocycles. The molecular weight excluding hydrogens is 632 g/mol. The summed E-state index contributed by atoms with van der Waals surface area (Å²) in [7, 11) is 3.25. The molecule has 2 aromatic heterocycles. The standard InChI is InChI=1S/C37H45F2N5O5/c1-5-26-29(38)9-8-23-16-25(49-22-47-4)17-27(30(23)26)32-31(39)33-28(18-40-32)34(43-14-6-11-36(2,45)20-43)42-35(41-33)48-21-37-12-7-15-44(37)24(10-13-37)19-46-3/h8-9,16-18,24,45H,5-7,10-15,19-22H2,1-4H3/t24-,36?,37+/m0/s1. The van der Waals surface area contributed by atoms with E-state index in [-0.39, 0.29) is 35.4 Å². The molecule has 3 saturated heterocycles. The molecule has 7 rings (SSSR count). The van der Waals surface area contributed by atoms with E-state index in [1.807, 2.05) is 11.8 Å². The maximum absolute atomic E-state index is 17.1. The summed E-state index contributed by atoms with van der Waals surface area (Å²) in [5.41, 5.74) is -0.183. The topological polar surface area (TPSA) is 102 Å². The molecule has 5 heterocycles. The van der Waals surface area contributed by atoms with Crippen LogP contribution in [0.2, 0.25) is 0 Å². The van der Waals surface area contributed by atoms with Crippen molar-refractivity contribution < 1.29 is 32.8 Å². The molecule has 12 heteroatoms. The number of piperidine rings is 1. The van der Waals surface area contributed by atoms with Crippen LogP contribution in [-0.2, 0) is 15.9 Å². The van der Waals surface area contributed by atoms with Crippen LogP contribution in [-0.4, -0.2) is 96.0 Å². The third-order valence-electron chi connectivity index (χ3n) is 10.6. The maximum Gasteiger partial charge on any atom is 0.319 e. The van der Waals surface area contributed by atoms with Crippen LogP contribution in [0.15, 0.2) is 30.5 Å². The largest absolute Gasteiger partial charge is 0.468 e. The first-order valence-corrected chi connectivity index (χ1v) is 17.3. The highest BCUT2D eigenvalue weighted by molar-refractivity contribution is 6.01. The molecule has 262 valence electrons. The molecule has 2 aromatic carbocycles. The van der Waals surface area contributed by atoms with Crippen molar-refractivity contribution in [3.8, 4) is 23.0 Å². The summed E-state index contributed by atoms with van der Waals surface area (Å²) in [6.07, 6.45) is 7.42. The molecule has 3 aliphatic rings. The monoisotopic (exact) mass is 677 g/mol. The number of methoxy groups -OCH3 is 2. The van der Waals surface area contributed by atoms with Crippen molar-refractivity contribution in [1.29, 1.82) is 0 Å². The van der Waals surface area contributed by atoms with E-state index in [0.29, 0.717) is 84.0 Å². The van der Waals surface area contributed by atoms with E-state index in [4.69, 9.17) is 23.9 Å². The van der Waals surface area contributed by atoms with Gasteiger partial charge in [0.2, 0.25) is 0 Å². The molecule has 4 aromatic rings. The van der Waals surface area contributed by atoms with Gasteiger partial charge >= 0.3 is 6.01 Å². The molecule has 10 nitrogen and oxygen atoms in total. The molecule has 3 fully saturated rings. The number of anilines is 1. The normalized spacial score (nSPS) is 24.2. The molecule has 0 amide bonds. The van der Waals surface area contributed by atoms with Gasteiger partial charge in [0.25, 0.3) is 0 Å². The van der Waals surface area contributed by atoms with Crippen molar-refractivity contribution in [2.24, 2.45) is 0 Å². The highest BCUT2D eigenvalue weighted by Crippen LogP contribution is 2.44. The number of nitrogens with zero attached hydrogens (tertiary/aromatic N) is 5. The summed E-state index contributed by atoms with van der Waals surface area (Å²) in [4.78, 5) is 18.6. The summed E-state index contributed by atoms with van der Waals surface area (Å²) in [5.74, 6) is -0.149. The number of benzene rings is 2. The minimum atomic E-state index is -0.936. The second-order valence-electron chi connectivity index (χ2n) is 14.0. The molecular formula is C37H45F2N5O5. The van der Waals surface area contributed by atoms with Gasteiger partial charge in [0.15, 0.2) is 12.6 Å². The van der Waals surface area contributed by atoms with E-state index in [0.717, 1.165) is 38.6 Å². The lowest BCUT2D eigenvalue weighted by Gasteiger charge is -2.38. The van der Waals surface area contributed by atoms with Crippen molar-refractivity contribution >= 4 is 27.5 Å². The third-order valence-corrected chi connectivity index (χ3v) is 10.6. The van der Waals surface area contributed by atoms with E-state index < -0.39 is 11.4 Å². The van der Waals surface area contributed by atoms with E-state index in [9.17, 15) is 5.11 Å². The SMILES string of the molecule is CCc1c(F)ccc2cc(OCOC)cc(-c3ncc4c(N5CCCC(C)(O)C5)nc(OC[C@]56CCCN5[C@H](COC)CC6)nc4c3F)c12. The molecule has 0 radical (unpaired) electrons. The summed E-state index contributed by atoms with van der Waals surface area (Å²) in [6, 6.07) is 6.94. The van der Waals surface area contributed by atoms with Gasteiger partial charge in [-0.15, -0.1) is 0 Å². The number of halogens is 2. The Balaban J connectivity index is 1.36. The number of aliphatic hydroxyl groups is 1. The van der Waals surface area contributed by atoms with E-state index >= 15 is 8.78 Å². The van der Waals surface area contributed by atoms with Gasteiger partial charge in [-0.3, -0.25) is 9.88 Å². The fourth-order valence-corrected chi connectivity index (χ4v) is 8.33. The molecule has 3 atom stereocenters. The van der Waals surface area contributed by atoms with E-state index in [1.54, 1.807) is 38.4 Å². The molecule has 49 heavy (non-hydrogen) atoms. The quantitative estimate of drug-likeness (QED) is 0.189. The molecule has 0 spiro atoms. The van der Waals surface area contributed by atoms with Crippen LogP contribution in [0.1, 0.15) is 57.9 Å². The Bertz CT molecular complexity index is 1860. The Hall–Kier alpha value is -3.71. The average molecular weight is 678 g/mol. The summed E-state index contributed by atoms with van der Waals surface area (Å²) < 4.78 is 55.1. The third kappa shape index (κ3) is 6.28. The first kappa shape index (κ1) is 33.8. The number of hydrogen-bond donors (Lipinski definition) is 1. The van der Waals surface area contributed by atoms with Crippen LogP contribution in [0.5, 0.6) is 11.8 Å².